The Hall–Kier alpha value is -0.610. The van der Waals surface area contributed by atoms with Crippen molar-refractivity contribution in [3.63, 3.8) is 0 Å². The lowest BCUT2D eigenvalue weighted by atomic mass is 9.76. The first-order chi connectivity index (χ1) is 8.15. The van der Waals surface area contributed by atoms with Gasteiger partial charge in [0.05, 0.1) is 16.6 Å². The van der Waals surface area contributed by atoms with Crippen LogP contribution in [0, 0.1) is 5.41 Å². The number of hydrogen-bond donors (Lipinski definition) is 3. The number of amides is 1. The summed E-state index contributed by atoms with van der Waals surface area (Å²) in [7, 11) is 0. The van der Waals surface area contributed by atoms with Crippen molar-refractivity contribution in [2.24, 2.45) is 5.41 Å². The van der Waals surface area contributed by atoms with Gasteiger partial charge in [-0.15, -0.1) is 0 Å². The second-order valence-electron chi connectivity index (χ2n) is 6.55. The van der Waals surface area contributed by atoms with Crippen molar-refractivity contribution in [1.82, 2.24) is 10.6 Å². The van der Waals surface area contributed by atoms with Crippen molar-refractivity contribution < 1.29 is 9.90 Å². The summed E-state index contributed by atoms with van der Waals surface area (Å²) in [4.78, 5) is 12.6. The minimum absolute atomic E-state index is 0.0596. The van der Waals surface area contributed by atoms with Crippen LogP contribution >= 0.6 is 0 Å². The standard InChI is InChI=1S/C14H28N2O2/c1-6-14(8-7-9-15-10-14)11(17)16-12(2,3)13(4,5)18/h15,18H,6-10H2,1-5H3,(H,16,17). The van der Waals surface area contributed by atoms with Crippen molar-refractivity contribution in [2.75, 3.05) is 13.1 Å². The van der Waals surface area contributed by atoms with Gasteiger partial charge in [0.1, 0.15) is 0 Å². The lowest BCUT2D eigenvalue weighted by molar-refractivity contribution is -0.137. The van der Waals surface area contributed by atoms with Gasteiger partial charge in [-0.25, -0.2) is 0 Å². The van der Waals surface area contributed by atoms with Crippen molar-refractivity contribution in [2.45, 2.75) is 65.0 Å². The fraction of sp³-hybridized carbons (Fsp3) is 0.929. The molecule has 0 aliphatic carbocycles. The number of nitrogens with one attached hydrogen (secondary N) is 2. The zero-order chi connectivity index (χ0) is 14.0. The fourth-order valence-electron chi connectivity index (χ4n) is 2.19. The molecule has 1 aliphatic rings. The van der Waals surface area contributed by atoms with Crippen LogP contribution in [0.5, 0.6) is 0 Å². The molecule has 1 fully saturated rings. The molecule has 0 spiro atoms. The molecule has 0 saturated carbocycles. The Morgan fingerprint density at radius 3 is 2.39 bits per heavy atom. The number of hydrogen-bond acceptors (Lipinski definition) is 3. The van der Waals surface area contributed by atoms with E-state index in [4.69, 9.17) is 0 Å². The Kier molecular flexibility index (Phi) is 4.44. The molecule has 3 N–H and O–H groups in total. The van der Waals surface area contributed by atoms with E-state index in [1.807, 2.05) is 13.8 Å². The van der Waals surface area contributed by atoms with E-state index in [0.29, 0.717) is 0 Å². The number of aliphatic hydroxyl groups is 1. The molecule has 0 aromatic heterocycles. The van der Waals surface area contributed by atoms with Gasteiger partial charge in [0.25, 0.3) is 0 Å². The first-order valence-electron chi connectivity index (χ1n) is 6.90. The predicted molar refractivity (Wildman–Crippen MR) is 73.3 cm³/mol. The Balaban J connectivity index is 2.80. The SMILES string of the molecule is CCC1(C(=O)NC(C)(C)C(C)(C)O)CCCNC1. The Labute approximate surface area is 111 Å². The summed E-state index contributed by atoms with van der Waals surface area (Å²) in [6.07, 6.45) is 2.78. The molecule has 4 nitrogen and oxygen atoms in total. The summed E-state index contributed by atoms with van der Waals surface area (Å²) in [5.41, 5.74) is -1.90. The maximum absolute atomic E-state index is 12.6. The highest BCUT2D eigenvalue weighted by atomic mass is 16.3. The van der Waals surface area contributed by atoms with Crippen molar-refractivity contribution in [3.05, 3.63) is 0 Å². The van der Waals surface area contributed by atoms with Crippen LogP contribution in [0.2, 0.25) is 0 Å². The smallest absolute Gasteiger partial charge is 0.228 e. The topological polar surface area (TPSA) is 61.4 Å². The molecule has 0 radical (unpaired) electrons. The van der Waals surface area contributed by atoms with Crippen LogP contribution in [0.3, 0.4) is 0 Å². The van der Waals surface area contributed by atoms with E-state index in [0.717, 1.165) is 32.4 Å². The van der Waals surface area contributed by atoms with Crippen LogP contribution < -0.4 is 10.6 Å². The highest BCUT2D eigenvalue weighted by Gasteiger charge is 2.43. The molecule has 1 saturated heterocycles. The molecule has 106 valence electrons. The molecule has 1 atom stereocenters. The Bertz CT molecular complexity index is 299. The first-order valence-corrected chi connectivity index (χ1v) is 6.90. The summed E-state index contributed by atoms with van der Waals surface area (Å²) < 4.78 is 0. The van der Waals surface area contributed by atoms with Crippen LogP contribution in [0.4, 0.5) is 0 Å². The van der Waals surface area contributed by atoms with E-state index in [1.165, 1.54) is 0 Å². The fourth-order valence-corrected chi connectivity index (χ4v) is 2.19. The van der Waals surface area contributed by atoms with Gasteiger partial charge in [-0.05, 0) is 53.5 Å². The predicted octanol–water partition coefficient (Wildman–Crippen LogP) is 1.43. The van der Waals surface area contributed by atoms with Gasteiger partial charge in [-0.3, -0.25) is 4.79 Å². The molecule has 1 amide bonds. The molecule has 1 aliphatic heterocycles. The molecular weight excluding hydrogens is 228 g/mol. The lowest BCUT2D eigenvalue weighted by Crippen LogP contribution is -2.62. The van der Waals surface area contributed by atoms with E-state index in [1.54, 1.807) is 13.8 Å². The van der Waals surface area contributed by atoms with Crippen LogP contribution in [-0.4, -0.2) is 35.2 Å². The van der Waals surface area contributed by atoms with Gasteiger partial charge >= 0.3 is 0 Å². The molecule has 4 heteroatoms. The third kappa shape index (κ3) is 3.04. The summed E-state index contributed by atoms with van der Waals surface area (Å²) >= 11 is 0. The van der Waals surface area contributed by atoms with Gasteiger partial charge in [0.2, 0.25) is 5.91 Å². The maximum Gasteiger partial charge on any atom is 0.228 e. The van der Waals surface area contributed by atoms with E-state index >= 15 is 0 Å². The third-order valence-electron chi connectivity index (χ3n) is 4.59. The first kappa shape index (κ1) is 15.4. The van der Waals surface area contributed by atoms with E-state index in [9.17, 15) is 9.90 Å². The van der Waals surface area contributed by atoms with E-state index < -0.39 is 11.1 Å². The van der Waals surface area contributed by atoms with Crippen LogP contribution in [0.15, 0.2) is 0 Å². The second kappa shape index (κ2) is 5.17. The molecule has 0 bridgehead atoms. The van der Waals surface area contributed by atoms with Crippen LogP contribution in [0.25, 0.3) is 0 Å². The summed E-state index contributed by atoms with van der Waals surface area (Å²) in [6.45, 7) is 11.0. The molecule has 1 heterocycles. The number of carbonyl (C=O) groups is 1. The van der Waals surface area contributed by atoms with E-state index in [-0.39, 0.29) is 11.3 Å². The minimum atomic E-state index is -0.945. The Morgan fingerprint density at radius 1 is 1.39 bits per heavy atom. The van der Waals surface area contributed by atoms with Crippen molar-refractivity contribution >= 4 is 5.91 Å². The average Bonchev–Trinajstić information content (AvgIpc) is 2.27. The summed E-state index contributed by atoms with van der Waals surface area (Å²) in [5, 5.41) is 16.5. The highest BCUT2D eigenvalue weighted by Crippen LogP contribution is 2.32. The molecule has 0 aromatic rings. The second-order valence-corrected chi connectivity index (χ2v) is 6.55. The molecular formula is C14H28N2O2. The monoisotopic (exact) mass is 256 g/mol. The molecule has 0 aromatic carbocycles. The summed E-state index contributed by atoms with van der Waals surface area (Å²) in [5.74, 6) is 0.0596. The summed E-state index contributed by atoms with van der Waals surface area (Å²) in [6, 6.07) is 0. The van der Waals surface area contributed by atoms with Crippen LogP contribution in [-0.2, 0) is 4.79 Å². The van der Waals surface area contributed by atoms with Gasteiger partial charge in [0.15, 0.2) is 0 Å². The number of rotatable bonds is 4. The third-order valence-corrected chi connectivity index (χ3v) is 4.59. The maximum atomic E-state index is 12.6. The average molecular weight is 256 g/mol. The normalized spacial score (nSPS) is 25.9. The van der Waals surface area contributed by atoms with E-state index in [2.05, 4.69) is 17.6 Å². The molecule has 18 heavy (non-hydrogen) atoms. The number of carbonyl (C=O) groups excluding carboxylic acids is 1. The van der Waals surface area contributed by atoms with Crippen LogP contribution in [0.1, 0.15) is 53.9 Å². The Morgan fingerprint density at radius 2 is 2.00 bits per heavy atom. The van der Waals surface area contributed by atoms with Crippen molar-refractivity contribution in [1.29, 1.82) is 0 Å². The van der Waals surface area contributed by atoms with Gasteiger partial charge in [-0.2, -0.15) is 0 Å². The largest absolute Gasteiger partial charge is 0.388 e. The highest BCUT2D eigenvalue weighted by molar-refractivity contribution is 5.83. The lowest BCUT2D eigenvalue weighted by Gasteiger charge is -2.43. The zero-order valence-electron chi connectivity index (χ0n) is 12.4. The molecule has 1 rings (SSSR count). The zero-order valence-corrected chi connectivity index (χ0v) is 12.4. The minimum Gasteiger partial charge on any atom is -0.388 e. The molecule has 1 unspecified atom stereocenters. The quantitative estimate of drug-likeness (QED) is 0.713. The van der Waals surface area contributed by atoms with Gasteiger partial charge < -0.3 is 15.7 Å². The van der Waals surface area contributed by atoms with Gasteiger partial charge in [-0.1, -0.05) is 6.92 Å². The van der Waals surface area contributed by atoms with Gasteiger partial charge in [0, 0.05) is 6.54 Å². The van der Waals surface area contributed by atoms with Crippen molar-refractivity contribution in [3.8, 4) is 0 Å². The number of piperidine rings is 1.